The van der Waals surface area contributed by atoms with Crippen LogP contribution >= 0.6 is 0 Å². The number of primary amides is 1. The molecule has 2 heterocycles. The van der Waals surface area contributed by atoms with Gasteiger partial charge in [0, 0.05) is 32.1 Å². The van der Waals surface area contributed by atoms with Crippen molar-refractivity contribution in [2.45, 2.75) is 37.5 Å². The van der Waals surface area contributed by atoms with Crippen LogP contribution in [-0.2, 0) is 19.6 Å². The molecule has 27 heavy (non-hydrogen) atoms. The second kappa shape index (κ2) is 7.98. The number of nitrogens with zero attached hydrogens (tertiary/aromatic N) is 2. The second-order valence-corrected chi connectivity index (χ2v) is 9.46. The topological polar surface area (TPSA) is 101 Å². The summed E-state index contributed by atoms with van der Waals surface area (Å²) in [6.07, 6.45) is 2.52. The van der Waals surface area contributed by atoms with E-state index in [1.807, 2.05) is 6.92 Å². The molecule has 0 saturated carbocycles. The molecule has 0 bridgehead atoms. The van der Waals surface area contributed by atoms with Gasteiger partial charge in [-0.3, -0.25) is 9.59 Å². The van der Waals surface area contributed by atoms with Crippen molar-refractivity contribution in [2.75, 3.05) is 26.2 Å². The Balaban J connectivity index is 1.66. The molecule has 2 amide bonds. The molecule has 8 heteroatoms. The average Bonchev–Trinajstić information content (AvgIpc) is 2.68. The largest absolute Gasteiger partial charge is 0.369 e. The lowest BCUT2D eigenvalue weighted by Crippen LogP contribution is -2.49. The van der Waals surface area contributed by atoms with Crippen molar-refractivity contribution in [1.82, 2.24) is 9.21 Å². The molecule has 1 aromatic carbocycles. The van der Waals surface area contributed by atoms with Crippen LogP contribution in [0.15, 0.2) is 29.2 Å². The van der Waals surface area contributed by atoms with E-state index in [-0.39, 0.29) is 35.1 Å². The Hall–Kier alpha value is -1.93. The van der Waals surface area contributed by atoms with E-state index in [1.165, 1.54) is 4.31 Å². The number of carbonyl (C=O) groups is 2. The summed E-state index contributed by atoms with van der Waals surface area (Å²) < 4.78 is 27.3. The first kappa shape index (κ1) is 19.8. The van der Waals surface area contributed by atoms with Crippen molar-refractivity contribution in [3.8, 4) is 0 Å². The number of amides is 2. The zero-order valence-electron chi connectivity index (χ0n) is 15.6. The van der Waals surface area contributed by atoms with Gasteiger partial charge in [-0.25, -0.2) is 8.42 Å². The molecule has 0 aromatic heterocycles. The minimum absolute atomic E-state index is 0.0123. The van der Waals surface area contributed by atoms with Crippen molar-refractivity contribution in [1.29, 1.82) is 0 Å². The number of sulfonamides is 1. The van der Waals surface area contributed by atoms with Gasteiger partial charge >= 0.3 is 0 Å². The fraction of sp³-hybridized carbons (Fsp3) is 0.579. The molecule has 1 aromatic rings. The zero-order valence-corrected chi connectivity index (χ0v) is 16.5. The van der Waals surface area contributed by atoms with E-state index in [0.717, 1.165) is 5.56 Å². The smallest absolute Gasteiger partial charge is 0.243 e. The summed E-state index contributed by atoms with van der Waals surface area (Å²) >= 11 is 0. The minimum Gasteiger partial charge on any atom is -0.369 e. The Kier molecular flexibility index (Phi) is 5.86. The highest BCUT2D eigenvalue weighted by Crippen LogP contribution is 2.27. The highest BCUT2D eigenvalue weighted by Gasteiger charge is 2.36. The van der Waals surface area contributed by atoms with Crippen LogP contribution in [-0.4, -0.2) is 55.6 Å². The van der Waals surface area contributed by atoms with Crippen LogP contribution in [0.2, 0.25) is 0 Å². The minimum atomic E-state index is -3.59. The van der Waals surface area contributed by atoms with Crippen molar-refractivity contribution >= 4 is 21.8 Å². The Morgan fingerprint density at radius 1 is 1.00 bits per heavy atom. The monoisotopic (exact) mass is 393 g/mol. The number of piperidine rings is 2. The molecule has 2 aliphatic heterocycles. The molecule has 0 radical (unpaired) electrons. The second-order valence-electron chi connectivity index (χ2n) is 7.52. The van der Waals surface area contributed by atoms with Crippen LogP contribution in [0, 0.1) is 18.8 Å². The Morgan fingerprint density at radius 2 is 1.63 bits per heavy atom. The Bertz CT molecular complexity index is 799. The average molecular weight is 394 g/mol. The lowest BCUT2D eigenvalue weighted by molar-refractivity contribution is -0.139. The Labute approximate surface area is 160 Å². The molecular weight excluding hydrogens is 366 g/mol. The molecule has 2 saturated heterocycles. The lowest BCUT2D eigenvalue weighted by atomic mass is 9.93. The van der Waals surface area contributed by atoms with Crippen LogP contribution in [0.1, 0.15) is 31.2 Å². The number of likely N-dealkylation sites (tertiary alicyclic amines) is 1. The summed E-state index contributed by atoms with van der Waals surface area (Å²) in [5, 5.41) is 0. The van der Waals surface area contributed by atoms with Crippen molar-refractivity contribution in [2.24, 2.45) is 17.6 Å². The number of benzene rings is 1. The van der Waals surface area contributed by atoms with Crippen LogP contribution < -0.4 is 5.73 Å². The van der Waals surface area contributed by atoms with Gasteiger partial charge < -0.3 is 10.6 Å². The first-order chi connectivity index (χ1) is 12.8. The summed E-state index contributed by atoms with van der Waals surface area (Å²) in [6, 6.07) is 6.79. The molecular formula is C19H27N3O4S. The molecule has 0 spiro atoms. The lowest BCUT2D eigenvalue weighted by Gasteiger charge is -2.37. The number of hydrogen-bond donors (Lipinski definition) is 1. The van der Waals surface area contributed by atoms with Gasteiger partial charge in [0.1, 0.15) is 0 Å². The van der Waals surface area contributed by atoms with Gasteiger partial charge in [-0.15, -0.1) is 0 Å². The van der Waals surface area contributed by atoms with Crippen LogP contribution in [0.4, 0.5) is 0 Å². The molecule has 7 nitrogen and oxygen atoms in total. The van der Waals surface area contributed by atoms with E-state index in [0.29, 0.717) is 45.3 Å². The summed E-state index contributed by atoms with van der Waals surface area (Å²) in [6.45, 7) is 3.57. The predicted octanol–water partition coefficient (Wildman–Crippen LogP) is 1.12. The SMILES string of the molecule is Cc1ccc(S(=O)(=O)N2CCC[C@H](C(=O)N3CCC(C(N)=O)CC3)C2)cc1. The van der Waals surface area contributed by atoms with E-state index in [1.54, 1.807) is 29.2 Å². The van der Waals surface area contributed by atoms with Gasteiger partial charge in [0.15, 0.2) is 0 Å². The maximum Gasteiger partial charge on any atom is 0.243 e. The molecule has 0 unspecified atom stereocenters. The van der Waals surface area contributed by atoms with Crippen LogP contribution in [0.3, 0.4) is 0 Å². The number of carbonyl (C=O) groups excluding carboxylic acids is 2. The van der Waals surface area contributed by atoms with E-state index in [9.17, 15) is 18.0 Å². The van der Waals surface area contributed by atoms with E-state index < -0.39 is 10.0 Å². The number of rotatable bonds is 4. The maximum absolute atomic E-state index is 12.9. The highest BCUT2D eigenvalue weighted by molar-refractivity contribution is 7.89. The third kappa shape index (κ3) is 4.32. The maximum atomic E-state index is 12.9. The van der Waals surface area contributed by atoms with Gasteiger partial charge in [0.25, 0.3) is 0 Å². The molecule has 2 fully saturated rings. The molecule has 3 rings (SSSR count). The van der Waals surface area contributed by atoms with Gasteiger partial charge in [0.05, 0.1) is 10.8 Å². The fourth-order valence-electron chi connectivity index (χ4n) is 3.86. The van der Waals surface area contributed by atoms with Crippen molar-refractivity contribution in [3.05, 3.63) is 29.8 Å². The number of aryl methyl sites for hydroxylation is 1. The van der Waals surface area contributed by atoms with Crippen molar-refractivity contribution in [3.63, 3.8) is 0 Å². The van der Waals surface area contributed by atoms with Crippen molar-refractivity contribution < 1.29 is 18.0 Å². The first-order valence-electron chi connectivity index (χ1n) is 9.44. The summed E-state index contributed by atoms with van der Waals surface area (Å²) in [4.78, 5) is 26.2. The van der Waals surface area contributed by atoms with Gasteiger partial charge in [-0.1, -0.05) is 17.7 Å². The molecule has 148 valence electrons. The fourth-order valence-corrected chi connectivity index (χ4v) is 5.39. The summed E-state index contributed by atoms with van der Waals surface area (Å²) in [7, 11) is -3.59. The van der Waals surface area contributed by atoms with E-state index >= 15 is 0 Å². The van der Waals surface area contributed by atoms with E-state index in [2.05, 4.69) is 0 Å². The summed E-state index contributed by atoms with van der Waals surface area (Å²) in [5.74, 6) is -0.820. The summed E-state index contributed by atoms with van der Waals surface area (Å²) in [5.41, 5.74) is 6.35. The van der Waals surface area contributed by atoms with Gasteiger partial charge in [-0.2, -0.15) is 4.31 Å². The molecule has 1 atom stereocenters. The molecule has 0 aliphatic carbocycles. The molecule has 2 N–H and O–H groups in total. The quantitative estimate of drug-likeness (QED) is 0.828. The van der Waals surface area contributed by atoms with E-state index in [4.69, 9.17) is 5.73 Å². The number of hydrogen-bond acceptors (Lipinski definition) is 4. The van der Waals surface area contributed by atoms with Crippen LogP contribution in [0.25, 0.3) is 0 Å². The standard InChI is InChI=1S/C19H27N3O4S/c1-14-4-6-17(7-5-14)27(25,26)22-10-2-3-16(13-22)19(24)21-11-8-15(9-12-21)18(20)23/h4-7,15-16H,2-3,8-13H2,1H3,(H2,20,23)/t16-/m0/s1. The normalized spacial score (nSPS) is 22.6. The number of nitrogens with two attached hydrogens (primary N) is 1. The highest BCUT2D eigenvalue weighted by atomic mass is 32.2. The third-order valence-electron chi connectivity index (χ3n) is 5.60. The Morgan fingerprint density at radius 3 is 2.22 bits per heavy atom. The third-order valence-corrected chi connectivity index (χ3v) is 7.48. The molecule has 2 aliphatic rings. The zero-order chi connectivity index (χ0) is 19.6. The van der Waals surface area contributed by atoms with Gasteiger partial charge in [-0.05, 0) is 44.7 Å². The van der Waals surface area contributed by atoms with Gasteiger partial charge in [0.2, 0.25) is 21.8 Å². The van der Waals surface area contributed by atoms with Crippen LogP contribution in [0.5, 0.6) is 0 Å². The first-order valence-corrected chi connectivity index (χ1v) is 10.9. The predicted molar refractivity (Wildman–Crippen MR) is 101 cm³/mol.